The Hall–Kier alpha value is -1.90. The van der Waals surface area contributed by atoms with Crippen molar-refractivity contribution < 1.29 is 13.5 Å². The molecule has 0 aromatic heterocycles. The van der Waals surface area contributed by atoms with Crippen LogP contribution < -0.4 is 4.74 Å². The van der Waals surface area contributed by atoms with Gasteiger partial charge in [0.2, 0.25) is 0 Å². The van der Waals surface area contributed by atoms with Crippen LogP contribution in [0, 0.1) is 23.5 Å². The zero-order valence-electron chi connectivity index (χ0n) is 16.0. The highest BCUT2D eigenvalue weighted by molar-refractivity contribution is 5.70. The molecule has 4 rings (SSSR count). The third kappa shape index (κ3) is 4.17. The molecule has 1 nitrogen and oxygen atoms in total. The van der Waals surface area contributed by atoms with Crippen LogP contribution in [0.25, 0.3) is 11.1 Å². The first-order valence-electron chi connectivity index (χ1n) is 10.4. The number of hydrogen-bond acceptors (Lipinski definition) is 1. The van der Waals surface area contributed by atoms with Crippen molar-refractivity contribution in [2.45, 2.75) is 57.8 Å². The lowest BCUT2D eigenvalue weighted by Gasteiger charge is -2.30. The van der Waals surface area contributed by atoms with E-state index < -0.39 is 11.6 Å². The fraction of sp³-hybridized carbons (Fsp3) is 0.500. The Morgan fingerprint density at radius 3 is 2.26 bits per heavy atom. The van der Waals surface area contributed by atoms with Crippen molar-refractivity contribution in [1.82, 2.24) is 0 Å². The van der Waals surface area contributed by atoms with Gasteiger partial charge >= 0.3 is 0 Å². The second-order valence-corrected chi connectivity index (χ2v) is 8.18. The Kier molecular flexibility index (Phi) is 5.47. The van der Waals surface area contributed by atoms with Crippen LogP contribution in [0.15, 0.2) is 36.4 Å². The van der Waals surface area contributed by atoms with E-state index in [2.05, 4.69) is 6.07 Å². The van der Waals surface area contributed by atoms with Gasteiger partial charge in [0, 0.05) is 5.56 Å². The molecule has 0 radical (unpaired) electrons. The Balaban J connectivity index is 1.63. The molecule has 2 aromatic carbocycles. The van der Waals surface area contributed by atoms with Crippen molar-refractivity contribution in [2.24, 2.45) is 11.8 Å². The largest absolute Gasteiger partial charge is 0.494 e. The smallest absolute Gasteiger partial charge is 0.166 e. The molecular formula is C24H28F2O. The summed E-state index contributed by atoms with van der Waals surface area (Å²) >= 11 is 0. The summed E-state index contributed by atoms with van der Waals surface area (Å²) in [6.07, 6.45) is 8.94. The van der Waals surface area contributed by atoms with Crippen LogP contribution in [-0.4, -0.2) is 6.61 Å². The molecule has 0 unspecified atom stereocenters. The van der Waals surface area contributed by atoms with E-state index in [9.17, 15) is 8.78 Å². The number of ether oxygens (including phenoxy) is 1. The van der Waals surface area contributed by atoms with Gasteiger partial charge in [0.05, 0.1) is 6.61 Å². The molecule has 0 amide bonds. The van der Waals surface area contributed by atoms with Crippen molar-refractivity contribution in [2.75, 3.05) is 6.61 Å². The van der Waals surface area contributed by atoms with Gasteiger partial charge in [-0.1, -0.05) is 31.0 Å². The predicted molar refractivity (Wildman–Crippen MR) is 105 cm³/mol. The molecule has 0 atom stereocenters. The first-order valence-corrected chi connectivity index (χ1v) is 10.4. The molecule has 2 aliphatic rings. The zero-order valence-corrected chi connectivity index (χ0v) is 16.0. The molecule has 0 heterocycles. The Morgan fingerprint density at radius 1 is 0.889 bits per heavy atom. The van der Waals surface area contributed by atoms with Crippen molar-refractivity contribution in [3.05, 3.63) is 53.6 Å². The van der Waals surface area contributed by atoms with Crippen LogP contribution in [0.4, 0.5) is 8.78 Å². The van der Waals surface area contributed by atoms with Crippen LogP contribution >= 0.6 is 0 Å². The first-order chi connectivity index (χ1) is 13.2. The van der Waals surface area contributed by atoms with Crippen LogP contribution in [-0.2, 0) is 0 Å². The van der Waals surface area contributed by atoms with E-state index in [-0.39, 0.29) is 0 Å². The molecule has 0 bridgehead atoms. The Morgan fingerprint density at radius 2 is 1.59 bits per heavy atom. The monoisotopic (exact) mass is 370 g/mol. The van der Waals surface area contributed by atoms with Crippen LogP contribution in [0.2, 0.25) is 0 Å². The Labute approximate surface area is 160 Å². The summed E-state index contributed by atoms with van der Waals surface area (Å²) in [4.78, 5) is 0. The number of benzene rings is 2. The number of rotatable bonds is 6. The van der Waals surface area contributed by atoms with E-state index in [4.69, 9.17) is 4.74 Å². The molecule has 144 valence electrons. The summed E-state index contributed by atoms with van der Waals surface area (Å²) in [5.74, 6) is 1.47. The van der Waals surface area contributed by atoms with Gasteiger partial charge in [-0.05, 0) is 86.1 Å². The summed E-state index contributed by atoms with van der Waals surface area (Å²) in [6, 6.07) is 10.3. The van der Waals surface area contributed by atoms with Gasteiger partial charge in [0.1, 0.15) is 5.75 Å². The first kappa shape index (κ1) is 18.5. The van der Waals surface area contributed by atoms with Crippen LogP contribution in [0.3, 0.4) is 0 Å². The molecule has 27 heavy (non-hydrogen) atoms. The van der Waals surface area contributed by atoms with Gasteiger partial charge in [-0.3, -0.25) is 0 Å². The highest BCUT2D eigenvalue weighted by Crippen LogP contribution is 2.45. The topological polar surface area (TPSA) is 9.23 Å². The summed E-state index contributed by atoms with van der Waals surface area (Å²) in [5, 5.41) is 0. The van der Waals surface area contributed by atoms with Crippen molar-refractivity contribution in [1.29, 1.82) is 0 Å². The minimum Gasteiger partial charge on any atom is -0.494 e. The molecule has 2 aromatic rings. The molecule has 2 saturated carbocycles. The maximum absolute atomic E-state index is 14.5. The SMILES string of the molecule is CCOc1ccc(-c2cccc(F)c2F)c(C2CCC(CC3CC3)CC2)c1. The predicted octanol–water partition coefficient (Wildman–Crippen LogP) is 7.10. The maximum Gasteiger partial charge on any atom is 0.166 e. The van der Waals surface area contributed by atoms with Gasteiger partial charge in [-0.2, -0.15) is 0 Å². The minimum absolute atomic E-state index is 0.355. The second kappa shape index (κ2) is 8.00. The average Bonchev–Trinajstić information content (AvgIpc) is 3.49. The molecule has 0 spiro atoms. The lowest BCUT2D eigenvalue weighted by Crippen LogP contribution is -2.15. The number of hydrogen-bond donors (Lipinski definition) is 0. The molecule has 0 saturated heterocycles. The quantitative estimate of drug-likeness (QED) is 0.527. The van der Waals surface area contributed by atoms with E-state index in [1.807, 2.05) is 19.1 Å². The fourth-order valence-electron chi connectivity index (χ4n) is 4.63. The van der Waals surface area contributed by atoms with E-state index in [1.54, 1.807) is 12.1 Å². The standard InChI is InChI=1S/C24H28F2O/c1-2-27-19-12-13-20(21-4-3-5-23(25)24(21)26)22(15-19)18-10-8-17(9-11-18)14-16-6-7-16/h3-5,12-13,15-18H,2,6-11,14H2,1H3. The fourth-order valence-corrected chi connectivity index (χ4v) is 4.63. The van der Waals surface area contributed by atoms with Crippen LogP contribution in [0.5, 0.6) is 5.75 Å². The molecule has 3 heteroatoms. The van der Waals surface area contributed by atoms with E-state index in [0.717, 1.165) is 41.6 Å². The van der Waals surface area contributed by atoms with Crippen LogP contribution in [0.1, 0.15) is 63.4 Å². The maximum atomic E-state index is 14.5. The van der Waals surface area contributed by atoms with Crippen molar-refractivity contribution in [3.63, 3.8) is 0 Å². The number of halogens is 2. The lowest BCUT2D eigenvalue weighted by atomic mass is 9.75. The molecule has 0 N–H and O–H groups in total. The van der Waals surface area contributed by atoms with E-state index in [0.29, 0.717) is 18.1 Å². The molecule has 2 aliphatic carbocycles. The van der Waals surface area contributed by atoms with Gasteiger partial charge in [0.25, 0.3) is 0 Å². The van der Waals surface area contributed by atoms with Gasteiger partial charge < -0.3 is 4.74 Å². The summed E-state index contributed by atoms with van der Waals surface area (Å²) in [6.45, 7) is 2.56. The average molecular weight is 370 g/mol. The van der Waals surface area contributed by atoms with Gasteiger partial charge in [-0.15, -0.1) is 0 Å². The summed E-state index contributed by atoms with van der Waals surface area (Å²) in [5.41, 5.74) is 2.27. The molecule has 2 fully saturated rings. The minimum atomic E-state index is -0.791. The van der Waals surface area contributed by atoms with Crippen molar-refractivity contribution in [3.8, 4) is 16.9 Å². The van der Waals surface area contributed by atoms with Crippen molar-refractivity contribution >= 4 is 0 Å². The normalized spacial score (nSPS) is 22.6. The molecular weight excluding hydrogens is 342 g/mol. The third-order valence-corrected chi connectivity index (χ3v) is 6.23. The van der Waals surface area contributed by atoms with Gasteiger partial charge in [-0.25, -0.2) is 8.78 Å². The van der Waals surface area contributed by atoms with E-state index in [1.165, 1.54) is 38.2 Å². The lowest BCUT2D eigenvalue weighted by molar-refractivity contribution is 0.298. The highest BCUT2D eigenvalue weighted by Gasteiger charge is 2.30. The summed E-state index contributed by atoms with van der Waals surface area (Å²) in [7, 11) is 0. The Bertz CT molecular complexity index is 789. The van der Waals surface area contributed by atoms with Gasteiger partial charge in [0.15, 0.2) is 11.6 Å². The third-order valence-electron chi connectivity index (χ3n) is 6.23. The molecule has 0 aliphatic heterocycles. The van der Waals surface area contributed by atoms with E-state index >= 15 is 0 Å². The zero-order chi connectivity index (χ0) is 18.8. The highest BCUT2D eigenvalue weighted by atomic mass is 19.2. The summed E-state index contributed by atoms with van der Waals surface area (Å²) < 4.78 is 34.0. The second-order valence-electron chi connectivity index (χ2n) is 8.18.